The molecule has 0 radical (unpaired) electrons. The van der Waals surface area contributed by atoms with Crippen LogP contribution in [0, 0.1) is 11.8 Å². The highest BCUT2D eigenvalue weighted by molar-refractivity contribution is 6.05. The molecule has 0 aromatic carbocycles. The van der Waals surface area contributed by atoms with Crippen LogP contribution in [0.4, 0.5) is 0 Å². The Kier molecular flexibility index (Phi) is 3.28. The van der Waals surface area contributed by atoms with E-state index in [-0.39, 0.29) is 29.7 Å². The van der Waals surface area contributed by atoms with Crippen molar-refractivity contribution >= 4 is 11.8 Å². The first-order valence-electron chi connectivity index (χ1n) is 6.27. The van der Waals surface area contributed by atoms with E-state index in [0.29, 0.717) is 6.54 Å². The molecular weight excluding hydrogens is 204 g/mol. The summed E-state index contributed by atoms with van der Waals surface area (Å²) in [5.74, 6) is -0.0114. The van der Waals surface area contributed by atoms with Gasteiger partial charge in [0.05, 0.1) is 17.9 Å². The van der Waals surface area contributed by atoms with Crippen LogP contribution in [0.2, 0.25) is 0 Å². The summed E-state index contributed by atoms with van der Waals surface area (Å²) in [7, 11) is 0. The predicted molar refractivity (Wildman–Crippen MR) is 60.4 cm³/mol. The largest absolute Gasteiger partial charge is 0.328 e. The molecule has 1 aliphatic carbocycles. The van der Waals surface area contributed by atoms with E-state index in [1.807, 2.05) is 6.92 Å². The van der Waals surface area contributed by atoms with Gasteiger partial charge in [0.1, 0.15) is 0 Å². The Morgan fingerprint density at radius 2 is 1.75 bits per heavy atom. The molecular formula is C12H20N2O2. The van der Waals surface area contributed by atoms with Gasteiger partial charge in [0.15, 0.2) is 0 Å². The van der Waals surface area contributed by atoms with E-state index in [9.17, 15) is 9.59 Å². The first kappa shape index (κ1) is 11.6. The zero-order chi connectivity index (χ0) is 11.7. The van der Waals surface area contributed by atoms with Crippen LogP contribution >= 0.6 is 0 Å². The van der Waals surface area contributed by atoms with E-state index >= 15 is 0 Å². The Morgan fingerprint density at radius 3 is 2.12 bits per heavy atom. The van der Waals surface area contributed by atoms with Crippen molar-refractivity contribution in [1.82, 2.24) is 4.90 Å². The number of hydrogen-bond donors (Lipinski definition) is 1. The molecule has 16 heavy (non-hydrogen) atoms. The SMILES string of the molecule is CCC(CN)N1C(=O)C2CCCCC2C1=O. The quantitative estimate of drug-likeness (QED) is 0.724. The first-order chi connectivity index (χ1) is 7.70. The number of nitrogens with two attached hydrogens (primary N) is 1. The number of hydrogen-bond acceptors (Lipinski definition) is 3. The van der Waals surface area contributed by atoms with Crippen molar-refractivity contribution in [2.75, 3.05) is 6.54 Å². The monoisotopic (exact) mass is 224 g/mol. The second kappa shape index (κ2) is 4.53. The molecule has 90 valence electrons. The minimum absolute atomic E-state index is 0.0343. The third-order valence-corrected chi connectivity index (χ3v) is 3.98. The average Bonchev–Trinajstić information content (AvgIpc) is 2.57. The molecule has 2 fully saturated rings. The number of amides is 2. The predicted octanol–water partition coefficient (Wildman–Crippen LogP) is 0.899. The molecule has 1 saturated heterocycles. The molecule has 1 aliphatic heterocycles. The molecule has 4 heteroatoms. The summed E-state index contributed by atoms with van der Waals surface area (Å²) >= 11 is 0. The highest BCUT2D eigenvalue weighted by Crippen LogP contribution is 2.38. The Balaban J connectivity index is 2.21. The average molecular weight is 224 g/mol. The van der Waals surface area contributed by atoms with Gasteiger partial charge < -0.3 is 5.73 Å². The van der Waals surface area contributed by atoms with Crippen molar-refractivity contribution in [3.63, 3.8) is 0 Å². The number of carbonyl (C=O) groups is 2. The molecule has 2 rings (SSSR count). The Bertz CT molecular complexity index is 275. The molecule has 3 unspecified atom stereocenters. The molecule has 1 heterocycles. The third-order valence-electron chi connectivity index (χ3n) is 3.98. The van der Waals surface area contributed by atoms with Crippen LogP contribution in [0.5, 0.6) is 0 Å². The maximum absolute atomic E-state index is 12.2. The summed E-state index contributed by atoms with van der Waals surface area (Å²) in [6.07, 6.45) is 4.67. The van der Waals surface area contributed by atoms with Gasteiger partial charge in [-0.25, -0.2) is 0 Å². The number of nitrogens with zero attached hydrogens (tertiary/aromatic N) is 1. The zero-order valence-corrected chi connectivity index (χ0v) is 9.82. The Hall–Kier alpha value is -0.900. The van der Waals surface area contributed by atoms with Gasteiger partial charge in [-0.1, -0.05) is 19.8 Å². The standard InChI is InChI=1S/C12H20N2O2/c1-2-8(7-13)14-11(15)9-5-3-4-6-10(9)12(14)16/h8-10H,2-7,13H2,1H3. The minimum atomic E-state index is -0.0920. The van der Waals surface area contributed by atoms with E-state index in [1.54, 1.807) is 0 Å². The molecule has 4 nitrogen and oxygen atoms in total. The minimum Gasteiger partial charge on any atom is -0.328 e. The smallest absolute Gasteiger partial charge is 0.233 e. The number of fused-ring (bicyclic) bond motifs is 1. The van der Waals surface area contributed by atoms with Crippen LogP contribution in [-0.4, -0.2) is 29.3 Å². The Labute approximate surface area is 96.2 Å². The van der Waals surface area contributed by atoms with Gasteiger partial charge in [0, 0.05) is 6.54 Å². The Morgan fingerprint density at radius 1 is 1.25 bits per heavy atom. The van der Waals surface area contributed by atoms with Crippen LogP contribution in [-0.2, 0) is 9.59 Å². The topological polar surface area (TPSA) is 63.4 Å². The van der Waals surface area contributed by atoms with Crippen molar-refractivity contribution in [1.29, 1.82) is 0 Å². The zero-order valence-electron chi connectivity index (χ0n) is 9.82. The second-order valence-electron chi connectivity index (χ2n) is 4.84. The molecule has 0 bridgehead atoms. The molecule has 0 aromatic heterocycles. The molecule has 2 N–H and O–H groups in total. The van der Waals surface area contributed by atoms with Gasteiger partial charge in [-0.3, -0.25) is 14.5 Å². The van der Waals surface area contributed by atoms with E-state index < -0.39 is 0 Å². The number of carbonyl (C=O) groups excluding carboxylic acids is 2. The maximum Gasteiger partial charge on any atom is 0.233 e. The summed E-state index contributed by atoms with van der Waals surface area (Å²) < 4.78 is 0. The second-order valence-corrected chi connectivity index (χ2v) is 4.84. The normalized spacial score (nSPS) is 31.8. The first-order valence-corrected chi connectivity index (χ1v) is 6.27. The highest BCUT2D eigenvalue weighted by Gasteiger charge is 2.49. The lowest BCUT2D eigenvalue weighted by Crippen LogP contribution is -2.44. The van der Waals surface area contributed by atoms with Crippen LogP contribution in [0.3, 0.4) is 0 Å². The van der Waals surface area contributed by atoms with Gasteiger partial charge in [0.2, 0.25) is 11.8 Å². The van der Waals surface area contributed by atoms with Crippen LogP contribution in [0.1, 0.15) is 39.0 Å². The lowest BCUT2D eigenvalue weighted by molar-refractivity contribution is -0.142. The van der Waals surface area contributed by atoms with Crippen molar-refractivity contribution in [3.8, 4) is 0 Å². The summed E-state index contributed by atoms with van der Waals surface area (Å²) in [6.45, 7) is 2.35. The van der Waals surface area contributed by atoms with Gasteiger partial charge in [-0.2, -0.15) is 0 Å². The fraction of sp³-hybridized carbons (Fsp3) is 0.833. The van der Waals surface area contributed by atoms with E-state index in [1.165, 1.54) is 4.90 Å². The van der Waals surface area contributed by atoms with Crippen LogP contribution < -0.4 is 5.73 Å². The van der Waals surface area contributed by atoms with Crippen molar-refractivity contribution in [2.45, 2.75) is 45.1 Å². The summed E-state index contributed by atoms with van der Waals surface area (Å²) in [4.78, 5) is 25.8. The number of rotatable bonds is 3. The third kappa shape index (κ3) is 1.65. The van der Waals surface area contributed by atoms with Crippen LogP contribution in [0.25, 0.3) is 0 Å². The fourth-order valence-corrected chi connectivity index (χ4v) is 3.00. The summed E-state index contributed by atoms with van der Waals surface area (Å²) in [5, 5.41) is 0. The lowest BCUT2D eigenvalue weighted by Gasteiger charge is -2.24. The molecule has 3 atom stereocenters. The number of likely N-dealkylation sites (tertiary alicyclic amines) is 1. The summed E-state index contributed by atoms with van der Waals surface area (Å²) in [5.41, 5.74) is 5.63. The molecule has 0 spiro atoms. The molecule has 0 aromatic rings. The van der Waals surface area contributed by atoms with Crippen molar-refractivity contribution in [3.05, 3.63) is 0 Å². The van der Waals surface area contributed by atoms with Gasteiger partial charge >= 0.3 is 0 Å². The highest BCUT2D eigenvalue weighted by atomic mass is 16.2. The maximum atomic E-state index is 12.2. The van der Waals surface area contributed by atoms with Crippen molar-refractivity contribution < 1.29 is 9.59 Å². The molecule has 1 saturated carbocycles. The van der Waals surface area contributed by atoms with E-state index in [0.717, 1.165) is 32.1 Å². The lowest BCUT2D eigenvalue weighted by atomic mass is 9.81. The van der Waals surface area contributed by atoms with Gasteiger partial charge in [-0.05, 0) is 19.3 Å². The number of imide groups is 1. The fourth-order valence-electron chi connectivity index (χ4n) is 3.00. The van der Waals surface area contributed by atoms with Gasteiger partial charge in [-0.15, -0.1) is 0 Å². The molecule has 2 aliphatic rings. The van der Waals surface area contributed by atoms with Crippen molar-refractivity contribution in [2.24, 2.45) is 17.6 Å². The van der Waals surface area contributed by atoms with E-state index in [2.05, 4.69) is 0 Å². The summed E-state index contributed by atoms with van der Waals surface area (Å²) in [6, 6.07) is -0.0920. The van der Waals surface area contributed by atoms with E-state index in [4.69, 9.17) is 5.73 Å². The molecule has 2 amide bonds. The van der Waals surface area contributed by atoms with Gasteiger partial charge in [0.25, 0.3) is 0 Å². The van der Waals surface area contributed by atoms with Crippen LogP contribution in [0.15, 0.2) is 0 Å².